The molecule has 3 nitrogen and oxygen atoms in total. The van der Waals surface area contributed by atoms with Crippen LogP contribution in [0, 0.1) is 0 Å². The van der Waals surface area contributed by atoms with Gasteiger partial charge in [0.2, 0.25) is 0 Å². The molecule has 0 atom stereocenters. The molecule has 0 spiro atoms. The van der Waals surface area contributed by atoms with E-state index in [-0.39, 0.29) is 0 Å². The van der Waals surface area contributed by atoms with Crippen molar-refractivity contribution in [2.75, 3.05) is 0 Å². The fourth-order valence-electron chi connectivity index (χ4n) is 7.52. The van der Waals surface area contributed by atoms with E-state index in [1.165, 1.54) is 22.3 Å². The van der Waals surface area contributed by atoms with E-state index in [4.69, 9.17) is 15.0 Å². The molecular formula is C60H49N3. The van der Waals surface area contributed by atoms with Crippen LogP contribution in [0.2, 0.25) is 0 Å². The maximum atomic E-state index is 5.09. The molecule has 1 aromatic heterocycles. The van der Waals surface area contributed by atoms with Gasteiger partial charge in [0.15, 0.2) is 17.5 Å². The maximum Gasteiger partial charge on any atom is 0.164 e. The second-order valence-corrected chi connectivity index (χ2v) is 15.2. The third-order valence-electron chi connectivity index (χ3n) is 10.9. The van der Waals surface area contributed by atoms with Crippen molar-refractivity contribution in [1.29, 1.82) is 0 Å². The van der Waals surface area contributed by atoms with Crippen molar-refractivity contribution in [2.24, 2.45) is 0 Å². The summed E-state index contributed by atoms with van der Waals surface area (Å²) in [6, 6.07) is 75.4. The number of aromatic nitrogens is 3. The lowest BCUT2D eigenvalue weighted by molar-refractivity contribution is 1.07. The van der Waals surface area contributed by atoms with Gasteiger partial charge in [0.05, 0.1) is 0 Å². The Balaban J connectivity index is 0.000000434. The highest BCUT2D eigenvalue weighted by molar-refractivity contribution is 5.83. The molecule has 0 N–H and O–H groups in total. The number of rotatable bonds is 11. The quantitative estimate of drug-likeness (QED) is 0.122. The molecule has 0 aliphatic heterocycles. The van der Waals surface area contributed by atoms with Crippen molar-refractivity contribution in [3.8, 4) is 67.5 Å². The van der Waals surface area contributed by atoms with Crippen molar-refractivity contribution in [3.05, 3.63) is 254 Å². The largest absolute Gasteiger partial charge is 0.208 e. The van der Waals surface area contributed by atoms with Gasteiger partial charge in [0.25, 0.3) is 0 Å². The molecule has 0 amide bonds. The third-order valence-corrected chi connectivity index (χ3v) is 10.9. The number of hydrogen-bond acceptors (Lipinski definition) is 3. The molecule has 0 saturated carbocycles. The van der Waals surface area contributed by atoms with Crippen LogP contribution in [0.4, 0.5) is 0 Å². The van der Waals surface area contributed by atoms with Crippen molar-refractivity contribution in [2.45, 2.75) is 20.3 Å². The van der Waals surface area contributed by atoms with Crippen LogP contribution >= 0.6 is 0 Å². The molecule has 0 aliphatic rings. The van der Waals surface area contributed by atoms with Gasteiger partial charge < -0.3 is 0 Å². The molecule has 304 valence electrons. The minimum atomic E-state index is 0.605. The molecule has 0 fully saturated rings. The van der Waals surface area contributed by atoms with Gasteiger partial charge in [-0.25, -0.2) is 15.0 Å². The van der Waals surface area contributed by atoms with Crippen LogP contribution in [0.5, 0.6) is 0 Å². The number of hydrogen-bond donors (Lipinski definition) is 0. The van der Waals surface area contributed by atoms with E-state index < -0.39 is 0 Å². The average Bonchev–Trinajstić information content (AvgIpc) is 3.37. The Bertz CT molecular complexity index is 2920. The van der Waals surface area contributed by atoms with Gasteiger partial charge in [0, 0.05) is 16.7 Å². The normalized spacial score (nSPS) is 11.2. The zero-order valence-electron chi connectivity index (χ0n) is 35.8. The predicted octanol–water partition coefficient (Wildman–Crippen LogP) is 16.1. The molecule has 1 heterocycles. The summed E-state index contributed by atoms with van der Waals surface area (Å²) in [6.45, 7) is 8.63. The first-order valence-corrected chi connectivity index (χ1v) is 21.5. The van der Waals surface area contributed by atoms with Crippen molar-refractivity contribution < 1.29 is 0 Å². The highest BCUT2D eigenvalue weighted by Crippen LogP contribution is 2.35. The summed E-state index contributed by atoms with van der Waals surface area (Å²) >= 11 is 0. The first-order valence-electron chi connectivity index (χ1n) is 21.5. The Morgan fingerprint density at radius 2 is 0.778 bits per heavy atom. The van der Waals surface area contributed by atoms with Crippen LogP contribution in [0.15, 0.2) is 237 Å². The van der Waals surface area contributed by atoms with E-state index >= 15 is 0 Å². The highest BCUT2D eigenvalue weighted by atomic mass is 15.0. The molecule has 0 unspecified atom stereocenters. The fraction of sp³-hybridized carbons (Fsp3) is 0.0500. The predicted molar refractivity (Wildman–Crippen MR) is 267 cm³/mol. The van der Waals surface area contributed by atoms with Crippen molar-refractivity contribution in [1.82, 2.24) is 15.0 Å². The van der Waals surface area contributed by atoms with Gasteiger partial charge in [-0.05, 0) is 105 Å². The Kier molecular flexibility index (Phi) is 13.6. The number of allylic oxidation sites excluding steroid dienone is 4. The molecular weight excluding hydrogens is 763 g/mol. The lowest BCUT2D eigenvalue weighted by Gasteiger charge is -2.13. The molecule has 0 radical (unpaired) electrons. The second-order valence-electron chi connectivity index (χ2n) is 15.2. The van der Waals surface area contributed by atoms with Gasteiger partial charge in [-0.1, -0.05) is 220 Å². The first-order chi connectivity index (χ1) is 31.0. The Morgan fingerprint density at radius 1 is 0.397 bits per heavy atom. The highest BCUT2D eigenvalue weighted by Gasteiger charge is 2.15. The SMILES string of the molecule is C/C=C(\CC)c1ccccc1.C=C(/C=C/c1ccccc1)c1cccc(-c2nc(-c3ccccc3)nc(-c3cccc(-c4cc(-c5ccccc5)cc(-c5ccccc5)c4)c3)n2)c1. The van der Waals surface area contributed by atoms with Gasteiger partial charge >= 0.3 is 0 Å². The van der Waals surface area contributed by atoms with Crippen LogP contribution in [0.1, 0.15) is 37.0 Å². The Labute approximate surface area is 372 Å². The molecule has 0 saturated heterocycles. The average molecular weight is 812 g/mol. The molecule has 9 rings (SSSR count). The van der Waals surface area contributed by atoms with E-state index in [1.807, 2.05) is 72.8 Å². The standard InChI is InChI=1S/C49H35N3.C11H14/c1-35(28-29-36-16-6-2-7-17-36)40-24-14-26-42(30-40)48-50-47(39-22-12-5-13-23-39)51-49(52-48)43-27-15-25-41(31-43)46-33-44(37-18-8-3-9-19-37)32-45(34-46)38-20-10-4-11-21-38;1-3-10(4-2)11-8-6-5-7-9-11/h2-34H,1H2;3,5-9H,4H2,1-2H3/b29-28+;10-3+. The second kappa shape index (κ2) is 20.5. The number of nitrogens with zero attached hydrogens (tertiary/aromatic N) is 3. The molecule has 63 heavy (non-hydrogen) atoms. The zero-order chi connectivity index (χ0) is 43.2. The van der Waals surface area contributed by atoms with Gasteiger partial charge in [-0.3, -0.25) is 0 Å². The van der Waals surface area contributed by atoms with E-state index in [9.17, 15) is 0 Å². The zero-order valence-corrected chi connectivity index (χ0v) is 35.8. The molecule has 9 aromatic rings. The van der Waals surface area contributed by atoms with Gasteiger partial charge in [-0.2, -0.15) is 0 Å². The molecule has 3 heteroatoms. The summed E-state index contributed by atoms with van der Waals surface area (Å²) in [6.07, 6.45) is 7.41. The summed E-state index contributed by atoms with van der Waals surface area (Å²) < 4.78 is 0. The molecule has 0 bridgehead atoms. The summed E-state index contributed by atoms with van der Waals surface area (Å²) in [5.74, 6) is 1.84. The Morgan fingerprint density at radius 3 is 1.30 bits per heavy atom. The molecule has 0 aliphatic carbocycles. The van der Waals surface area contributed by atoms with Crippen LogP contribution in [0.25, 0.3) is 84.8 Å². The van der Waals surface area contributed by atoms with E-state index in [2.05, 4.69) is 184 Å². The van der Waals surface area contributed by atoms with Crippen LogP contribution in [0.3, 0.4) is 0 Å². The van der Waals surface area contributed by atoms with E-state index in [0.717, 1.165) is 62.1 Å². The van der Waals surface area contributed by atoms with Crippen LogP contribution in [-0.4, -0.2) is 15.0 Å². The van der Waals surface area contributed by atoms with Crippen molar-refractivity contribution in [3.63, 3.8) is 0 Å². The minimum Gasteiger partial charge on any atom is -0.208 e. The smallest absolute Gasteiger partial charge is 0.164 e. The summed E-state index contributed by atoms with van der Waals surface area (Å²) in [5.41, 5.74) is 15.4. The monoisotopic (exact) mass is 811 g/mol. The number of benzene rings is 8. The van der Waals surface area contributed by atoms with Gasteiger partial charge in [-0.15, -0.1) is 0 Å². The minimum absolute atomic E-state index is 0.605. The summed E-state index contributed by atoms with van der Waals surface area (Å²) in [5, 5.41) is 0. The summed E-state index contributed by atoms with van der Waals surface area (Å²) in [4.78, 5) is 15.1. The van der Waals surface area contributed by atoms with Gasteiger partial charge in [0.1, 0.15) is 0 Å². The lowest BCUT2D eigenvalue weighted by Crippen LogP contribution is -2.00. The lowest BCUT2D eigenvalue weighted by atomic mass is 9.93. The molecule has 8 aromatic carbocycles. The topological polar surface area (TPSA) is 38.7 Å². The Hall–Kier alpha value is -8.01. The van der Waals surface area contributed by atoms with Crippen LogP contribution in [-0.2, 0) is 0 Å². The third kappa shape index (κ3) is 10.7. The first kappa shape index (κ1) is 41.7. The maximum absolute atomic E-state index is 5.09. The van der Waals surface area contributed by atoms with Crippen LogP contribution < -0.4 is 0 Å². The van der Waals surface area contributed by atoms with E-state index in [0.29, 0.717) is 17.5 Å². The fourth-order valence-corrected chi connectivity index (χ4v) is 7.52. The summed E-state index contributed by atoms with van der Waals surface area (Å²) in [7, 11) is 0. The van der Waals surface area contributed by atoms with E-state index in [1.54, 1.807) is 0 Å². The van der Waals surface area contributed by atoms with Crippen molar-refractivity contribution >= 4 is 17.2 Å².